The number of benzene rings is 2. The lowest BCUT2D eigenvalue weighted by molar-refractivity contribution is -0.122. The molecular weight excluding hydrogens is 414 g/mol. The van der Waals surface area contributed by atoms with Crippen molar-refractivity contribution < 1.29 is 18.0 Å². The highest BCUT2D eigenvalue weighted by Gasteiger charge is 2.35. The van der Waals surface area contributed by atoms with E-state index in [-0.39, 0.29) is 29.2 Å². The van der Waals surface area contributed by atoms with Crippen molar-refractivity contribution in [2.24, 2.45) is 5.92 Å². The smallest absolute Gasteiger partial charge is 0.240 e. The molecule has 0 unspecified atom stereocenters. The highest BCUT2D eigenvalue weighted by atomic mass is 32.2. The van der Waals surface area contributed by atoms with Gasteiger partial charge in [0.15, 0.2) is 0 Å². The molecule has 0 radical (unpaired) electrons. The minimum absolute atomic E-state index is 0.0824. The fourth-order valence-electron chi connectivity index (χ4n) is 3.40. The van der Waals surface area contributed by atoms with Crippen LogP contribution in [-0.4, -0.2) is 32.8 Å². The fraction of sp³-hybridized carbons (Fsp3) is 0.391. The third-order valence-electron chi connectivity index (χ3n) is 5.70. The molecule has 0 bridgehead atoms. The van der Waals surface area contributed by atoms with E-state index >= 15 is 0 Å². The third kappa shape index (κ3) is 5.32. The molecule has 7 nitrogen and oxygen atoms in total. The quantitative estimate of drug-likeness (QED) is 0.686. The summed E-state index contributed by atoms with van der Waals surface area (Å²) in [4.78, 5) is 27.0. The van der Waals surface area contributed by atoms with Gasteiger partial charge in [-0.3, -0.25) is 9.59 Å². The van der Waals surface area contributed by atoms with Crippen LogP contribution >= 0.6 is 0 Å². The average molecular weight is 444 g/mol. The Balaban J connectivity index is 1.65. The van der Waals surface area contributed by atoms with Crippen molar-refractivity contribution in [2.75, 3.05) is 16.8 Å². The summed E-state index contributed by atoms with van der Waals surface area (Å²) < 4.78 is 27.3. The summed E-state index contributed by atoms with van der Waals surface area (Å²) in [6, 6.07) is 11.7. The molecule has 1 heterocycles. The number of nitrogens with zero attached hydrogens (tertiary/aromatic N) is 1. The van der Waals surface area contributed by atoms with Gasteiger partial charge in [0.1, 0.15) is 0 Å². The van der Waals surface area contributed by atoms with Crippen molar-refractivity contribution in [3.8, 4) is 0 Å². The Morgan fingerprint density at radius 1 is 1.13 bits per heavy atom. The van der Waals surface area contributed by atoms with Crippen LogP contribution in [-0.2, 0) is 19.6 Å². The average Bonchev–Trinajstić information content (AvgIpc) is 3.12. The summed E-state index contributed by atoms with van der Waals surface area (Å²) in [6.07, 6.45) is 0.830. The van der Waals surface area contributed by atoms with Crippen molar-refractivity contribution in [1.29, 1.82) is 0 Å². The SMILES string of the molecule is CC[C@H](C)NS(=O)(=O)c1ccc(NC(=O)[C@@H]2CC(=O)N(c3ccc(C)c(C)c3)C2)cc1. The fourth-order valence-corrected chi connectivity index (χ4v) is 4.73. The monoisotopic (exact) mass is 443 g/mol. The van der Waals surface area contributed by atoms with Gasteiger partial charge in [0, 0.05) is 30.4 Å². The maximum atomic E-state index is 12.7. The third-order valence-corrected chi connectivity index (χ3v) is 7.30. The number of hydrogen-bond acceptors (Lipinski definition) is 4. The van der Waals surface area contributed by atoms with E-state index in [0.29, 0.717) is 18.7 Å². The van der Waals surface area contributed by atoms with E-state index in [4.69, 9.17) is 0 Å². The molecule has 166 valence electrons. The molecule has 2 aromatic carbocycles. The number of anilines is 2. The lowest BCUT2D eigenvalue weighted by Gasteiger charge is -2.18. The van der Waals surface area contributed by atoms with Crippen LogP contribution in [0.3, 0.4) is 0 Å². The highest BCUT2D eigenvalue weighted by Crippen LogP contribution is 2.27. The molecule has 1 fully saturated rings. The summed E-state index contributed by atoms with van der Waals surface area (Å²) in [7, 11) is -3.60. The lowest BCUT2D eigenvalue weighted by Crippen LogP contribution is -2.32. The number of carbonyl (C=O) groups is 2. The second-order valence-corrected chi connectivity index (χ2v) is 9.83. The second-order valence-electron chi connectivity index (χ2n) is 8.12. The zero-order valence-corrected chi connectivity index (χ0v) is 19.1. The molecule has 1 saturated heterocycles. The number of hydrogen-bond donors (Lipinski definition) is 2. The van der Waals surface area contributed by atoms with Crippen molar-refractivity contribution in [2.45, 2.75) is 51.5 Å². The Morgan fingerprint density at radius 3 is 2.42 bits per heavy atom. The Kier molecular flexibility index (Phi) is 6.81. The zero-order valence-electron chi connectivity index (χ0n) is 18.3. The summed E-state index contributed by atoms with van der Waals surface area (Å²) in [5.74, 6) is -0.807. The molecule has 31 heavy (non-hydrogen) atoms. The van der Waals surface area contributed by atoms with Crippen LogP contribution in [0, 0.1) is 19.8 Å². The largest absolute Gasteiger partial charge is 0.326 e. The minimum Gasteiger partial charge on any atom is -0.326 e. The topological polar surface area (TPSA) is 95.6 Å². The Morgan fingerprint density at radius 2 is 1.81 bits per heavy atom. The molecule has 2 atom stereocenters. The van der Waals surface area contributed by atoms with E-state index in [2.05, 4.69) is 10.0 Å². The summed E-state index contributed by atoms with van der Waals surface area (Å²) >= 11 is 0. The Bertz CT molecular complexity index is 1080. The maximum absolute atomic E-state index is 12.7. The summed E-state index contributed by atoms with van der Waals surface area (Å²) in [5, 5.41) is 2.79. The van der Waals surface area contributed by atoms with Gasteiger partial charge < -0.3 is 10.2 Å². The van der Waals surface area contributed by atoms with Crippen LogP contribution < -0.4 is 14.9 Å². The first-order valence-corrected chi connectivity index (χ1v) is 11.9. The van der Waals surface area contributed by atoms with E-state index in [1.165, 1.54) is 12.1 Å². The van der Waals surface area contributed by atoms with Crippen molar-refractivity contribution >= 4 is 33.2 Å². The van der Waals surface area contributed by atoms with Gasteiger partial charge in [-0.1, -0.05) is 13.0 Å². The van der Waals surface area contributed by atoms with Gasteiger partial charge in [-0.05, 0) is 74.7 Å². The van der Waals surface area contributed by atoms with E-state index in [0.717, 1.165) is 16.8 Å². The van der Waals surface area contributed by atoms with Crippen LogP contribution in [0.15, 0.2) is 47.4 Å². The van der Waals surface area contributed by atoms with Gasteiger partial charge >= 0.3 is 0 Å². The lowest BCUT2D eigenvalue weighted by atomic mass is 10.1. The molecule has 8 heteroatoms. The number of carbonyl (C=O) groups excluding carboxylic acids is 2. The van der Waals surface area contributed by atoms with Gasteiger partial charge in [0.05, 0.1) is 10.8 Å². The predicted molar refractivity (Wildman–Crippen MR) is 122 cm³/mol. The molecule has 3 rings (SSSR count). The molecular formula is C23H29N3O4S. The van der Waals surface area contributed by atoms with Crippen molar-refractivity contribution in [1.82, 2.24) is 4.72 Å². The number of sulfonamides is 1. The second kappa shape index (κ2) is 9.20. The van der Waals surface area contributed by atoms with Crippen molar-refractivity contribution in [3.63, 3.8) is 0 Å². The Hall–Kier alpha value is -2.71. The molecule has 1 aliphatic rings. The Labute approximate surface area is 183 Å². The van der Waals surface area contributed by atoms with E-state index in [9.17, 15) is 18.0 Å². The van der Waals surface area contributed by atoms with Crippen LogP contribution in [0.1, 0.15) is 37.8 Å². The van der Waals surface area contributed by atoms with Crippen LogP contribution in [0.25, 0.3) is 0 Å². The van der Waals surface area contributed by atoms with Crippen molar-refractivity contribution in [3.05, 3.63) is 53.6 Å². The normalized spacial score (nSPS) is 17.6. The first-order valence-electron chi connectivity index (χ1n) is 10.4. The van der Waals surface area contributed by atoms with Crippen LogP contribution in [0.4, 0.5) is 11.4 Å². The number of nitrogens with one attached hydrogen (secondary N) is 2. The van der Waals surface area contributed by atoms with Gasteiger partial charge in [-0.2, -0.15) is 0 Å². The van der Waals surface area contributed by atoms with Gasteiger partial charge in [-0.15, -0.1) is 0 Å². The molecule has 0 spiro atoms. The minimum atomic E-state index is -3.60. The molecule has 0 aliphatic carbocycles. The van der Waals surface area contributed by atoms with Crippen LogP contribution in [0.2, 0.25) is 0 Å². The number of rotatable bonds is 7. The molecule has 2 N–H and O–H groups in total. The predicted octanol–water partition coefficient (Wildman–Crippen LogP) is 3.37. The number of aryl methyl sites for hydroxylation is 2. The maximum Gasteiger partial charge on any atom is 0.240 e. The highest BCUT2D eigenvalue weighted by molar-refractivity contribution is 7.89. The van der Waals surface area contributed by atoms with Gasteiger partial charge in [-0.25, -0.2) is 13.1 Å². The standard InChI is InChI=1S/C23H29N3O4S/c1-5-17(4)25-31(29,30)21-10-7-19(8-11-21)24-23(28)18-13-22(27)26(14-18)20-9-6-15(2)16(3)12-20/h6-12,17-18,25H,5,13-14H2,1-4H3,(H,24,28)/t17-,18+/m0/s1. The molecule has 1 aliphatic heterocycles. The van der Waals surface area contributed by atoms with Gasteiger partial charge in [0.25, 0.3) is 0 Å². The van der Waals surface area contributed by atoms with Gasteiger partial charge in [0.2, 0.25) is 21.8 Å². The van der Waals surface area contributed by atoms with Crippen LogP contribution in [0.5, 0.6) is 0 Å². The van der Waals surface area contributed by atoms with E-state index < -0.39 is 15.9 Å². The summed E-state index contributed by atoms with van der Waals surface area (Å²) in [6.45, 7) is 8.03. The first-order chi connectivity index (χ1) is 14.6. The van der Waals surface area contributed by atoms with E-state index in [1.54, 1.807) is 24.0 Å². The molecule has 0 aromatic heterocycles. The molecule has 0 saturated carbocycles. The molecule has 2 amide bonds. The zero-order chi connectivity index (χ0) is 22.8. The number of amides is 2. The summed E-state index contributed by atoms with van der Waals surface area (Å²) in [5.41, 5.74) is 3.53. The molecule has 2 aromatic rings. The van der Waals surface area contributed by atoms with E-state index in [1.807, 2.05) is 39.0 Å². The first kappa shape index (κ1) is 23.0.